The minimum Gasteiger partial charge on any atom is -0.353 e. The number of hydrogen-bond acceptors (Lipinski definition) is 4. The minimum absolute atomic E-state index is 0.0493. The molecular formula is C18H26ClN3O2S. The number of amides is 2. The van der Waals surface area contributed by atoms with Crippen molar-refractivity contribution in [2.75, 3.05) is 38.5 Å². The van der Waals surface area contributed by atoms with Crippen LogP contribution in [0.3, 0.4) is 0 Å². The molecule has 1 saturated heterocycles. The first-order valence-electron chi connectivity index (χ1n) is 8.55. The van der Waals surface area contributed by atoms with Crippen molar-refractivity contribution in [2.24, 2.45) is 0 Å². The quantitative estimate of drug-likeness (QED) is 0.784. The molecule has 1 aromatic rings. The smallest absolute Gasteiger partial charge is 0.234 e. The number of carbonyl (C=O) groups is 2. The van der Waals surface area contributed by atoms with E-state index in [1.165, 1.54) is 5.56 Å². The number of piperazine rings is 1. The van der Waals surface area contributed by atoms with E-state index in [0.717, 1.165) is 23.9 Å². The van der Waals surface area contributed by atoms with Gasteiger partial charge in [0.2, 0.25) is 11.8 Å². The van der Waals surface area contributed by atoms with Crippen molar-refractivity contribution in [1.82, 2.24) is 15.1 Å². The largest absolute Gasteiger partial charge is 0.353 e. The average Bonchev–Trinajstić information content (AvgIpc) is 2.56. The summed E-state index contributed by atoms with van der Waals surface area (Å²) >= 11 is 7.49. The maximum absolute atomic E-state index is 12.3. The molecular weight excluding hydrogens is 358 g/mol. The summed E-state index contributed by atoms with van der Waals surface area (Å²) in [6.45, 7) is 7.20. The van der Waals surface area contributed by atoms with Crippen LogP contribution in [0.25, 0.3) is 0 Å². The van der Waals surface area contributed by atoms with Crippen LogP contribution in [0.5, 0.6) is 0 Å². The highest BCUT2D eigenvalue weighted by molar-refractivity contribution is 7.99. The fraction of sp³-hybridized carbons (Fsp3) is 0.556. The Labute approximate surface area is 159 Å². The summed E-state index contributed by atoms with van der Waals surface area (Å²) in [4.78, 5) is 28.1. The Bertz CT molecular complexity index is 572. The highest BCUT2D eigenvalue weighted by Gasteiger charge is 2.22. The van der Waals surface area contributed by atoms with Gasteiger partial charge in [0, 0.05) is 43.0 Å². The Morgan fingerprint density at radius 2 is 1.80 bits per heavy atom. The third-order valence-electron chi connectivity index (χ3n) is 3.95. The summed E-state index contributed by atoms with van der Waals surface area (Å²) < 4.78 is 0. The Kier molecular flexibility index (Phi) is 8.06. The topological polar surface area (TPSA) is 52.7 Å². The van der Waals surface area contributed by atoms with Gasteiger partial charge in [-0.1, -0.05) is 23.7 Å². The van der Waals surface area contributed by atoms with E-state index in [0.29, 0.717) is 25.4 Å². The summed E-state index contributed by atoms with van der Waals surface area (Å²) in [5, 5.41) is 3.62. The molecule has 0 unspecified atom stereocenters. The van der Waals surface area contributed by atoms with Crippen molar-refractivity contribution in [3.63, 3.8) is 0 Å². The van der Waals surface area contributed by atoms with Crippen LogP contribution < -0.4 is 5.32 Å². The Morgan fingerprint density at radius 3 is 2.40 bits per heavy atom. The predicted molar refractivity (Wildman–Crippen MR) is 104 cm³/mol. The molecule has 7 heteroatoms. The van der Waals surface area contributed by atoms with E-state index in [-0.39, 0.29) is 17.9 Å². The van der Waals surface area contributed by atoms with E-state index in [1.807, 2.05) is 43.0 Å². The molecule has 0 spiro atoms. The van der Waals surface area contributed by atoms with Crippen LogP contribution in [0.4, 0.5) is 0 Å². The van der Waals surface area contributed by atoms with E-state index < -0.39 is 0 Å². The Balaban J connectivity index is 1.65. The highest BCUT2D eigenvalue weighted by Crippen LogP contribution is 2.16. The number of carbonyl (C=O) groups excluding carboxylic acids is 2. The standard InChI is InChI=1S/C18H26ClN3O2S/c1-14(2)20-17(23)11-21-7-9-22(10-8-21)18(24)13-25-12-15-3-5-16(19)6-4-15/h3-6,14H,7-13H2,1-2H3,(H,20,23). The minimum atomic E-state index is 0.0493. The fourth-order valence-corrected chi connectivity index (χ4v) is 3.67. The highest BCUT2D eigenvalue weighted by atomic mass is 35.5. The number of benzene rings is 1. The second-order valence-electron chi connectivity index (χ2n) is 6.50. The van der Waals surface area contributed by atoms with Crippen LogP contribution in [0.15, 0.2) is 24.3 Å². The van der Waals surface area contributed by atoms with Crippen molar-refractivity contribution < 1.29 is 9.59 Å². The third-order valence-corrected chi connectivity index (χ3v) is 5.19. The van der Waals surface area contributed by atoms with E-state index in [4.69, 9.17) is 11.6 Å². The zero-order valence-corrected chi connectivity index (χ0v) is 16.4. The van der Waals surface area contributed by atoms with Crippen LogP contribution in [-0.4, -0.2) is 66.1 Å². The third kappa shape index (κ3) is 7.26. The van der Waals surface area contributed by atoms with Gasteiger partial charge in [-0.05, 0) is 31.5 Å². The van der Waals surface area contributed by atoms with E-state index in [1.54, 1.807) is 11.8 Å². The van der Waals surface area contributed by atoms with Gasteiger partial charge in [-0.15, -0.1) is 11.8 Å². The Hall–Kier alpha value is -1.24. The zero-order chi connectivity index (χ0) is 18.2. The van der Waals surface area contributed by atoms with Gasteiger partial charge < -0.3 is 10.2 Å². The molecule has 1 aromatic carbocycles. The van der Waals surface area contributed by atoms with Crippen LogP contribution in [-0.2, 0) is 15.3 Å². The molecule has 5 nitrogen and oxygen atoms in total. The Morgan fingerprint density at radius 1 is 1.16 bits per heavy atom. The molecule has 2 amide bonds. The van der Waals surface area contributed by atoms with Crippen molar-refractivity contribution in [1.29, 1.82) is 0 Å². The lowest BCUT2D eigenvalue weighted by Crippen LogP contribution is -2.52. The lowest BCUT2D eigenvalue weighted by Gasteiger charge is -2.34. The van der Waals surface area contributed by atoms with Crippen LogP contribution in [0, 0.1) is 0 Å². The lowest BCUT2D eigenvalue weighted by molar-refractivity contribution is -0.130. The summed E-state index contributed by atoms with van der Waals surface area (Å²) in [7, 11) is 0. The van der Waals surface area contributed by atoms with Crippen molar-refractivity contribution in [3.05, 3.63) is 34.9 Å². The molecule has 2 rings (SSSR count). The summed E-state index contributed by atoms with van der Waals surface area (Å²) in [6.07, 6.45) is 0. The first kappa shape index (κ1) is 20.1. The van der Waals surface area contributed by atoms with Crippen molar-refractivity contribution in [2.45, 2.75) is 25.6 Å². The number of nitrogens with one attached hydrogen (secondary N) is 1. The van der Waals surface area contributed by atoms with Gasteiger partial charge in [-0.2, -0.15) is 0 Å². The van der Waals surface area contributed by atoms with Gasteiger partial charge >= 0.3 is 0 Å². The molecule has 0 aromatic heterocycles. The molecule has 0 aliphatic carbocycles. The van der Waals surface area contributed by atoms with Gasteiger partial charge in [0.05, 0.1) is 12.3 Å². The van der Waals surface area contributed by atoms with E-state index >= 15 is 0 Å². The van der Waals surface area contributed by atoms with Gasteiger partial charge in [0.15, 0.2) is 0 Å². The second kappa shape index (κ2) is 10.0. The lowest BCUT2D eigenvalue weighted by atomic mass is 10.2. The molecule has 1 aliphatic heterocycles. The van der Waals surface area contributed by atoms with Crippen molar-refractivity contribution in [3.8, 4) is 0 Å². The molecule has 0 saturated carbocycles. The number of rotatable bonds is 7. The van der Waals surface area contributed by atoms with Gasteiger partial charge in [0.25, 0.3) is 0 Å². The molecule has 0 radical (unpaired) electrons. The molecule has 1 aliphatic rings. The van der Waals surface area contributed by atoms with Gasteiger partial charge in [-0.3, -0.25) is 14.5 Å². The van der Waals surface area contributed by atoms with E-state index in [9.17, 15) is 9.59 Å². The number of halogens is 1. The summed E-state index contributed by atoms with van der Waals surface area (Å²) in [5.41, 5.74) is 1.17. The zero-order valence-electron chi connectivity index (χ0n) is 14.8. The molecule has 0 bridgehead atoms. The second-order valence-corrected chi connectivity index (χ2v) is 7.92. The first-order chi connectivity index (χ1) is 11.9. The molecule has 25 heavy (non-hydrogen) atoms. The van der Waals surface area contributed by atoms with Crippen LogP contribution >= 0.6 is 23.4 Å². The fourth-order valence-electron chi connectivity index (χ4n) is 2.65. The monoisotopic (exact) mass is 383 g/mol. The van der Waals surface area contributed by atoms with Gasteiger partial charge in [0.1, 0.15) is 0 Å². The molecule has 1 heterocycles. The normalized spacial score (nSPS) is 15.4. The maximum atomic E-state index is 12.3. The first-order valence-corrected chi connectivity index (χ1v) is 10.1. The summed E-state index contributed by atoms with van der Waals surface area (Å²) in [6, 6.07) is 7.87. The SMILES string of the molecule is CC(C)NC(=O)CN1CCN(C(=O)CSCc2ccc(Cl)cc2)CC1. The molecule has 138 valence electrons. The number of thioether (sulfide) groups is 1. The predicted octanol–water partition coefficient (Wildman–Crippen LogP) is 2.24. The average molecular weight is 384 g/mol. The molecule has 0 atom stereocenters. The van der Waals surface area contributed by atoms with Crippen LogP contribution in [0.1, 0.15) is 19.4 Å². The number of nitrogens with zero attached hydrogens (tertiary/aromatic N) is 2. The van der Waals surface area contributed by atoms with E-state index in [2.05, 4.69) is 10.2 Å². The summed E-state index contributed by atoms with van der Waals surface area (Å²) in [5.74, 6) is 1.51. The van der Waals surface area contributed by atoms with Crippen molar-refractivity contribution >= 4 is 35.2 Å². The molecule has 1 fully saturated rings. The van der Waals surface area contributed by atoms with Crippen LogP contribution in [0.2, 0.25) is 5.02 Å². The molecule has 1 N–H and O–H groups in total. The number of hydrogen-bond donors (Lipinski definition) is 1. The van der Waals surface area contributed by atoms with Gasteiger partial charge in [-0.25, -0.2) is 0 Å². The maximum Gasteiger partial charge on any atom is 0.234 e.